The Morgan fingerprint density at radius 1 is 0.686 bits per heavy atom. The van der Waals surface area contributed by atoms with Gasteiger partial charge in [0.05, 0.1) is 11.2 Å². The fourth-order valence-corrected chi connectivity index (χ4v) is 6.46. The van der Waals surface area contributed by atoms with Crippen LogP contribution in [0.5, 0.6) is 0 Å². The Kier molecular flexibility index (Phi) is 4.35. The van der Waals surface area contributed by atoms with Crippen molar-refractivity contribution in [1.82, 2.24) is 9.97 Å². The maximum absolute atomic E-state index is 5.07. The van der Waals surface area contributed by atoms with E-state index in [-0.39, 0.29) is 0 Å². The van der Waals surface area contributed by atoms with E-state index < -0.39 is 0 Å². The topological polar surface area (TPSA) is 25.8 Å². The van der Waals surface area contributed by atoms with E-state index >= 15 is 0 Å². The highest BCUT2D eigenvalue weighted by molar-refractivity contribution is 7.26. The van der Waals surface area contributed by atoms with Crippen LogP contribution in [0.1, 0.15) is 5.82 Å². The smallest absolute Gasteiger partial charge is 0.160 e. The monoisotopic (exact) mass is 464 g/mol. The third kappa shape index (κ3) is 2.89. The molecule has 0 atom stereocenters. The molecule has 0 unspecified atom stereocenters. The largest absolute Gasteiger partial charge is 0.228 e. The highest BCUT2D eigenvalue weighted by Crippen LogP contribution is 2.46. The zero-order chi connectivity index (χ0) is 23.5. The van der Waals surface area contributed by atoms with Crippen molar-refractivity contribution < 1.29 is 0 Å². The third-order valence-electron chi connectivity index (χ3n) is 6.76. The Labute approximate surface area is 206 Å². The van der Waals surface area contributed by atoms with Gasteiger partial charge in [-0.3, -0.25) is 0 Å². The summed E-state index contributed by atoms with van der Waals surface area (Å²) in [4.78, 5) is 9.92. The van der Waals surface area contributed by atoms with Gasteiger partial charge in [0.25, 0.3) is 0 Å². The molecule has 0 spiro atoms. The number of aromatic nitrogens is 2. The second kappa shape index (κ2) is 7.59. The molecule has 0 aliphatic heterocycles. The van der Waals surface area contributed by atoms with Gasteiger partial charge in [-0.2, -0.15) is 0 Å². The number of fused-ring (bicyclic) bond motifs is 4. The third-order valence-corrected chi connectivity index (χ3v) is 7.86. The van der Waals surface area contributed by atoms with Gasteiger partial charge in [0, 0.05) is 36.7 Å². The van der Waals surface area contributed by atoms with Crippen LogP contribution in [0.3, 0.4) is 0 Å². The molecule has 2 aromatic heterocycles. The minimum absolute atomic E-state index is 0.654. The van der Waals surface area contributed by atoms with Crippen molar-refractivity contribution in [2.24, 2.45) is 0 Å². The molecule has 0 saturated heterocycles. The molecule has 7 rings (SSSR count). The summed E-state index contributed by atoms with van der Waals surface area (Å²) in [5.74, 6) is 0.654. The van der Waals surface area contributed by atoms with Gasteiger partial charge in [-0.1, -0.05) is 86.0 Å². The van der Waals surface area contributed by atoms with Gasteiger partial charge >= 0.3 is 0 Å². The van der Waals surface area contributed by atoms with Crippen molar-refractivity contribution in [2.45, 2.75) is 0 Å². The molecule has 5 aromatic carbocycles. The fraction of sp³-hybridized carbons (Fsp3) is 0. The van der Waals surface area contributed by atoms with E-state index in [1.54, 1.807) is 12.2 Å². The molecule has 35 heavy (non-hydrogen) atoms. The van der Waals surface area contributed by atoms with Crippen LogP contribution in [0.15, 0.2) is 110 Å². The lowest BCUT2D eigenvalue weighted by molar-refractivity contribution is 1.17. The Balaban J connectivity index is 1.64. The molecule has 0 fully saturated rings. The fourth-order valence-electron chi connectivity index (χ4n) is 5.26. The van der Waals surface area contributed by atoms with Gasteiger partial charge in [-0.05, 0) is 45.8 Å². The SMILES string of the molecule is C=C/C=C(\C=C)c1nc(-c2cc3sc4cccc5c6ccccc6c(c2)c3c45)c2ccccc2n1. The van der Waals surface area contributed by atoms with Crippen molar-refractivity contribution >= 4 is 69.5 Å². The molecule has 0 N–H and O–H groups in total. The van der Waals surface area contributed by atoms with E-state index in [9.17, 15) is 0 Å². The first-order valence-electron chi connectivity index (χ1n) is 11.6. The molecule has 0 saturated carbocycles. The van der Waals surface area contributed by atoms with E-state index in [1.165, 1.54) is 41.7 Å². The Morgan fingerprint density at radius 3 is 2.20 bits per heavy atom. The molecule has 2 heterocycles. The lowest BCUT2D eigenvalue weighted by atomic mass is 9.92. The Hall–Kier alpha value is -4.34. The molecule has 0 amide bonds. The second-order valence-electron chi connectivity index (χ2n) is 8.70. The van der Waals surface area contributed by atoms with Crippen LogP contribution in [-0.4, -0.2) is 9.97 Å². The standard InChI is InChI=1S/C32H20N2S/c1-3-10-19(4-2)32-33-26-15-8-7-13-24(26)31(34-32)20-17-25-22-12-6-5-11-21(22)23-14-9-16-27-29(23)30(25)28(18-20)35-27/h3-18H,1-2H2/b19-10+. The maximum Gasteiger partial charge on any atom is 0.160 e. The van der Waals surface area contributed by atoms with Crippen LogP contribution >= 0.6 is 11.3 Å². The molecular formula is C32H20N2S. The molecule has 0 aliphatic carbocycles. The summed E-state index contributed by atoms with van der Waals surface area (Å²) < 4.78 is 2.60. The highest BCUT2D eigenvalue weighted by atomic mass is 32.1. The molecule has 7 aromatic rings. The first-order valence-corrected chi connectivity index (χ1v) is 12.4. The summed E-state index contributed by atoms with van der Waals surface area (Å²) in [6.07, 6.45) is 5.43. The summed E-state index contributed by atoms with van der Waals surface area (Å²) in [7, 11) is 0. The lowest BCUT2D eigenvalue weighted by Gasteiger charge is -2.13. The van der Waals surface area contributed by atoms with Crippen molar-refractivity contribution in [3.63, 3.8) is 0 Å². The van der Waals surface area contributed by atoms with Crippen LogP contribution < -0.4 is 0 Å². The molecule has 3 heteroatoms. The molecule has 0 aliphatic rings. The number of allylic oxidation sites excluding steroid dienone is 4. The predicted molar refractivity (Wildman–Crippen MR) is 152 cm³/mol. The van der Waals surface area contributed by atoms with Gasteiger partial charge in [-0.15, -0.1) is 11.3 Å². The number of nitrogens with zero attached hydrogens (tertiary/aromatic N) is 2. The average Bonchev–Trinajstić information content (AvgIpc) is 3.29. The van der Waals surface area contributed by atoms with Gasteiger partial charge in [-0.25, -0.2) is 9.97 Å². The molecule has 0 radical (unpaired) electrons. The van der Waals surface area contributed by atoms with Gasteiger partial charge in [0.1, 0.15) is 0 Å². The number of hydrogen-bond donors (Lipinski definition) is 0. The summed E-state index contributed by atoms with van der Waals surface area (Å²) in [6.45, 7) is 7.81. The van der Waals surface area contributed by atoms with Gasteiger partial charge in [0.15, 0.2) is 5.82 Å². The van der Waals surface area contributed by atoms with E-state index in [1.807, 2.05) is 35.6 Å². The normalized spacial score (nSPS) is 12.4. The summed E-state index contributed by atoms with van der Waals surface area (Å²) in [5.41, 5.74) is 3.80. The quantitative estimate of drug-likeness (QED) is 0.192. The number of thiophene rings is 1. The first kappa shape index (κ1) is 20.1. The van der Waals surface area contributed by atoms with Crippen LogP contribution in [-0.2, 0) is 0 Å². The van der Waals surface area contributed by atoms with Crippen molar-refractivity contribution in [1.29, 1.82) is 0 Å². The maximum atomic E-state index is 5.07. The van der Waals surface area contributed by atoms with Crippen molar-refractivity contribution in [2.75, 3.05) is 0 Å². The predicted octanol–water partition coefficient (Wildman–Crippen LogP) is 9.16. The number of rotatable bonds is 4. The van der Waals surface area contributed by atoms with Crippen LogP contribution in [0.25, 0.3) is 69.5 Å². The van der Waals surface area contributed by atoms with E-state index in [2.05, 4.69) is 73.8 Å². The zero-order valence-corrected chi connectivity index (χ0v) is 19.8. The average molecular weight is 465 g/mol. The van der Waals surface area contributed by atoms with Gasteiger partial charge in [0.2, 0.25) is 0 Å². The second-order valence-corrected chi connectivity index (χ2v) is 9.78. The minimum atomic E-state index is 0.654. The van der Waals surface area contributed by atoms with E-state index in [0.717, 1.165) is 27.7 Å². The Morgan fingerprint density at radius 2 is 1.40 bits per heavy atom. The summed E-state index contributed by atoms with van der Waals surface area (Å²) >= 11 is 1.85. The lowest BCUT2D eigenvalue weighted by Crippen LogP contribution is -1.97. The summed E-state index contributed by atoms with van der Waals surface area (Å²) in [6, 6.07) is 28.2. The van der Waals surface area contributed by atoms with Crippen LogP contribution in [0.2, 0.25) is 0 Å². The van der Waals surface area contributed by atoms with Crippen molar-refractivity contribution in [3.05, 3.63) is 116 Å². The van der Waals surface area contributed by atoms with E-state index in [4.69, 9.17) is 9.97 Å². The minimum Gasteiger partial charge on any atom is -0.228 e. The van der Waals surface area contributed by atoms with E-state index in [0.29, 0.717) is 5.82 Å². The molecule has 2 nitrogen and oxygen atoms in total. The Bertz CT molecular complexity index is 1990. The molecule has 164 valence electrons. The number of hydrogen-bond acceptors (Lipinski definition) is 3. The number of benzene rings is 5. The van der Waals surface area contributed by atoms with Crippen LogP contribution in [0.4, 0.5) is 0 Å². The van der Waals surface area contributed by atoms with Crippen molar-refractivity contribution in [3.8, 4) is 11.3 Å². The zero-order valence-electron chi connectivity index (χ0n) is 19.0. The highest BCUT2D eigenvalue weighted by Gasteiger charge is 2.19. The molecule has 0 bridgehead atoms. The number of para-hydroxylation sites is 1. The van der Waals surface area contributed by atoms with Crippen LogP contribution in [0, 0.1) is 0 Å². The molecular weight excluding hydrogens is 444 g/mol. The summed E-state index contributed by atoms with van der Waals surface area (Å²) in [5, 5.41) is 8.91. The first-order chi connectivity index (χ1) is 17.3. The van der Waals surface area contributed by atoms with Gasteiger partial charge < -0.3 is 0 Å².